The van der Waals surface area contributed by atoms with Gasteiger partial charge in [0.05, 0.1) is 4.88 Å². The first-order chi connectivity index (χ1) is 14.0. The van der Waals surface area contributed by atoms with E-state index in [0.717, 1.165) is 12.8 Å². The first-order valence-electron chi connectivity index (χ1n) is 9.90. The van der Waals surface area contributed by atoms with Gasteiger partial charge < -0.3 is 15.0 Å². The molecule has 0 bridgehead atoms. The molecule has 1 fully saturated rings. The Balaban J connectivity index is 1.50. The summed E-state index contributed by atoms with van der Waals surface area (Å²) >= 11 is 1.35. The van der Waals surface area contributed by atoms with Crippen molar-refractivity contribution in [1.29, 1.82) is 0 Å². The molecule has 1 aliphatic rings. The van der Waals surface area contributed by atoms with Crippen LogP contribution in [0.5, 0.6) is 0 Å². The fourth-order valence-corrected chi connectivity index (χ4v) is 4.04. The van der Waals surface area contributed by atoms with E-state index in [1.165, 1.54) is 16.9 Å². The number of esters is 1. The monoisotopic (exact) mass is 414 g/mol. The molecule has 29 heavy (non-hydrogen) atoms. The summed E-state index contributed by atoms with van der Waals surface area (Å²) in [5, 5.41) is 4.56. The second-order valence-electron chi connectivity index (χ2n) is 7.22. The van der Waals surface area contributed by atoms with Gasteiger partial charge in [-0.25, -0.2) is 4.79 Å². The van der Waals surface area contributed by atoms with Crippen molar-refractivity contribution >= 4 is 34.8 Å². The van der Waals surface area contributed by atoms with E-state index in [1.54, 1.807) is 17.0 Å². The summed E-state index contributed by atoms with van der Waals surface area (Å²) in [6, 6.07) is 10.6. The number of thiophene rings is 1. The lowest BCUT2D eigenvalue weighted by Gasteiger charge is -2.22. The minimum absolute atomic E-state index is 0.162. The number of carbonyl (C=O) groups excluding carboxylic acids is 3. The minimum Gasteiger partial charge on any atom is -0.454 e. The zero-order valence-corrected chi connectivity index (χ0v) is 17.5. The van der Waals surface area contributed by atoms with Crippen LogP contribution in [-0.4, -0.2) is 41.9 Å². The SMILES string of the molecule is CCC(C)c1ccc(NC(=O)COC(=O)C2CCCN2C(=O)c2cccs2)cc1. The van der Waals surface area contributed by atoms with Gasteiger partial charge >= 0.3 is 5.97 Å². The number of nitrogens with one attached hydrogen (secondary N) is 1. The molecule has 1 aromatic carbocycles. The van der Waals surface area contributed by atoms with Crippen molar-refractivity contribution < 1.29 is 19.1 Å². The third-order valence-electron chi connectivity index (χ3n) is 5.24. The summed E-state index contributed by atoms with van der Waals surface area (Å²) in [7, 11) is 0. The highest BCUT2D eigenvalue weighted by atomic mass is 32.1. The normalized spacial score (nSPS) is 17.0. The second-order valence-corrected chi connectivity index (χ2v) is 8.17. The Bertz CT molecular complexity index is 848. The lowest BCUT2D eigenvalue weighted by atomic mass is 9.99. The van der Waals surface area contributed by atoms with Crippen LogP contribution in [0.3, 0.4) is 0 Å². The smallest absolute Gasteiger partial charge is 0.329 e. The number of nitrogens with zero attached hydrogens (tertiary/aromatic N) is 1. The van der Waals surface area contributed by atoms with Crippen LogP contribution in [0.1, 0.15) is 54.3 Å². The van der Waals surface area contributed by atoms with Gasteiger partial charge in [0.2, 0.25) is 0 Å². The number of likely N-dealkylation sites (tertiary alicyclic amines) is 1. The molecule has 2 unspecified atom stereocenters. The molecule has 2 heterocycles. The maximum Gasteiger partial charge on any atom is 0.329 e. The quantitative estimate of drug-likeness (QED) is 0.694. The highest BCUT2D eigenvalue weighted by molar-refractivity contribution is 7.12. The predicted molar refractivity (Wildman–Crippen MR) is 113 cm³/mol. The molecule has 0 spiro atoms. The number of benzene rings is 1. The lowest BCUT2D eigenvalue weighted by Crippen LogP contribution is -2.41. The van der Waals surface area contributed by atoms with Gasteiger partial charge in [-0.05, 0) is 54.3 Å². The number of amides is 2. The molecule has 2 amide bonds. The molecule has 0 radical (unpaired) electrons. The van der Waals surface area contributed by atoms with Crippen LogP contribution in [0.15, 0.2) is 41.8 Å². The molecular formula is C22H26N2O4S. The van der Waals surface area contributed by atoms with E-state index in [2.05, 4.69) is 19.2 Å². The van der Waals surface area contributed by atoms with Gasteiger partial charge in [0, 0.05) is 12.2 Å². The molecule has 1 aliphatic heterocycles. The number of anilines is 1. The van der Waals surface area contributed by atoms with Crippen molar-refractivity contribution in [3.05, 3.63) is 52.2 Å². The summed E-state index contributed by atoms with van der Waals surface area (Å²) in [4.78, 5) is 39.3. The van der Waals surface area contributed by atoms with Crippen molar-refractivity contribution in [3.63, 3.8) is 0 Å². The molecule has 0 aliphatic carbocycles. The Kier molecular flexibility index (Phi) is 7.04. The van der Waals surface area contributed by atoms with E-state index in [1.807, 2.05) is 29.6 Å². The summed E-state index contributed by atoms with van der Waals surface area (Å²) in [6.45, 7) is 4.44. The highest BCUT2D eigenvalue weighted by Gasteiger charge is 2.36. The van der Waals surface area contributed by atoms with Crippen LogP contribution in [0.4, 0.5) is 5.69 Å². The number of rotatable bonds is 7. The lowest BCUT2D eigenvalue weighted by molar-refractivity contribution is -0.151. The largest absolute Gasteiger partial charge is 0.454 e. The first-order valence-corrected chi connectivity index (χ1v) is 10.8. The van der Waals surface area contributed by atoms with Crippen molar-refractivity contribution in [2.75, 3.05) is 18.5 Å². The molecule has 1 saturated heterocycles. The summed E-state index contributed by atoms with van der Waals surface area (Å²) in [6.07, 6.45) is 2.34. The molecule has 2 atom stereocenters. The molecule has 7 heteroatoms. The molecule has 3 rings (SSSR count). The average molecular weight is 415 g/mol. The van der Waals surface area contributed by atoms with Gasteiger partial charge in [0.25, 0.3) is 11.8 Å². The van der Waals surface area contributed by atoms with Crippen LogP contribution >= 0.6 is 11.3 Å². The Morgan fingerprint density at radius 3 is 2.66 bits per heavy atom. The van der Waals surface area contributed by atoms with Crippen molar-refractivity contribution in [3.8, 4) is 0 Å². The second kappa shape index (κ2) is 9.69. The Labute approximate surface area is 174 Å². The number of ether oxygens (including phenoxy) is 1. The molecule has 2 aromatic rings. The standard InChI is InChI=1S/C22H26N2O4S/c1-3-15(2)16-8-10-17(11-9-16)23-20(25)14-28-22(27)18-6-4-12-24(18)21(26)19-7-5-13-29-19/h5,7-11,13,15,18H,3-4,6,12,14H2,1-2H3,(H,23,25). The Hall–Kier alpha value is -2.67. The molecule has 0 saturated carbocycles. The fraction of sp³-hybridized carbons (Fsp3) is 0.409. The fourth-order valence-electron chi connectivity index (χ4n) is 3.36. The van der Waals surface area contributed by atoms with E-state index in [-0.39, 0.29) is 12.5 Å². The van der Waals surface area contributed by atoms with E-state index in [0.29, 0.717) is 29.4 Å². The van der Waals surface area contributed by atoms with Crippen LogP contribution in [0.25, 0.3) is 0 Å². The average Bonchev–Trinajstić information content (AvgIpc) is 3.43. The topological polar surface area (TPSA) is 75.7 Å². The molecular weight excluding hydrogens is 388 g/mol. The zero-order valence-electron chi connectivity index (χ0n) is 16.7. The van der Waals surface area contributed by atoms with Gasteiger partial charge in [-0.1, -0.05) is 32.0 Å². The molecule has 154 valence electrons. The highest BCUT2D eigenvalue weighted by Crippen LogP contribution is 2.23. The summed E-state index contributed by atoms with van der Waals surface area (Å²) in [5.41, 5.74) is 1.88. The number of carbonyl (C=O) groups is 3. The van der Waals surface area contributed by atoms with E-state index < -0.39 is 17.9 Å². The summed E-state index contributed by atoms with van der Waals surface area (Å²) < 4.78 is 5.20. The summed E-state index contributed by atoms with van der Waals surface area (Å²) in [5.74, 6) is -0.629. The van der Waals surface area contributed by atoms with Gasteiger partial charge in [-0.2, -0.15) is 0 Å². The first kappa shape index (κ1) is 21.0. The van der Waals surface area contributed by atoms with E-state index >= 15 is 0 Å². The van der Waals surface area contributed by atoms with Crippen molar-refractivity contribution in [2.24, 2.45) is 0 Å². The molecule has 1 N–H and O–H groups in total. The van der Waals surface area contributed by atoms with E-state index in [9.17, 15) is 14.4 Å². The molecule has 1 aromatic heterocycles. The van der Waals surface area contributed by atoms with Crippen molar-refractivity contribution in [2.45, 2.75) is 45.1 Å². The van der Waals surface area contributed by atoms with E-state index in [4.69, 9.17) is 4.74 Å². The third kappa shape index (κ3) is 5.23. The van der Waals surface area contributed by atoms with Gasteiger partial charge in [0.15, 0.2) is 6.61 Å². The number of hydrogen-bond donors (Lipinski definition) is 1. The Morgan fingerprint density at radius 2 is 2.00 bits per heavy atom. The third-order valence-corrected chi connectivity index (χ3v) is 6.10. The predicted octanol–water partition coefficient (Wildman–Crippen LogP) is 4.05. The van der Waals surface area contributed by atoms with Crippen LogP contribution in [-0.2, 0) is 14.3 Å². The van der Waals surface area contributed by atoms with Gasteiger partial charge in [-0.3, -0.25) is 9.59 Å². The minimum atomic E-state index is -0.632. The van der Waals surface area contributed by atoms with Gasteiger partial charge in [0.1, 0.15) is 6.04 Å². The van der Waals surface area contributed by atoms with Crippen LogP contribution < -0.4 is 5.32 Å². The van der Waals surface area contributed by atoms with Gasteiger partial charge in [-0.15, -0.1) is 11.3 Å². The van der Waals surface area contributed by atoms with Crippen LogP contribution in [0, 0.1) is 0 Å². The zero-order chi connectivity index (χ0) is 20.8. The Morgan fingerprint density at radius 1 is 1.24 bits per heavy atom. The maximum atomic E-state index is 12.5. The maximum absolute atomic E-state index is 12.5. The van der Waals surface area contributed by atoms with Crippen molar-refractivity contribution in [1.82, 2.24) is 4.90 Å². The van der Waals surface area contributed by atoms with Crippen LogP contribution in [0.2, 0.25) is 0 Å². The number of hydrogen-bond acceptors (Lipinski definition) is 5. The molecule has 6 nitrogen and oxygen atoms in total.